The van der Waals surface area contributed by atoms with Gasteiger partial charge in [0.1, 0.15) is 23.0 Å². The third-order valence-electron chi connectivity index (χ3n) is 6.83. The van der Waals surface area contributed by atoms with Crippen LogP contribution in [0.3, 0.4) is 0 Å². The highest BCUT2D eigenvalue weighted by atomic mass is 32.2. The van der Waals surface area contributed by atoms with Gasteiger partial charge in [0.2, 0.25) is 0 Å². The molecule has 4 rings (SSSR count). The van der Waals surface area contributed by atoms with E-state index >= 15 is 0 Å². The predicted octanol–water partition coefficient (Wildman–Crippen LogP) is 7.72. The summed E-state index contributed by atoms with van der Waals surface area (Å²) in [5, 5.41) is 0. The molecule has 0 fully saturated rings. The Kier molecular flexibility index (Phi) is 8.26. The molecule has 0 N–H and O–H groups in total. The van der Waals surface area contributed by atoms with Crippen molar-refractivity contribution >= 4 is 20.9 Å². The Bertz CT molecular complexity index is 1620. The maximum atomic E-state index is 12.9. The molecular weight excluding hydrogens is 544 g/mol. The fourth-order valence-corrected chi connectivity index (χ4v) is 6.37. The average Bonchev–Trinajstić information content (AvgIpc) is 2.90. The molecule has 0 aliphatic heterocycles. The maximum absolute atomic E-state index is 12.9. The van der Waals surface area contributed by atoms with Gasteiger partial charge < -0.3 is 14.0 Å². The number of sulfone groups is 1. The first-order chi connectivity index (χ1) is 18.7. The smallest absolute Gasteiger partial charge is 0.184 e. The van der Waals surface area contributed by atoms with Gasteiger partial charge in [-0.05, 0) is 104 Å². The fourth-order valence-electron chi connectivity index (χ4n) is 4.16. The van der Waals surface area contributed by atoms with Crippen LogP contribution in [0.5, 0.6) is 23.0 Å². The van der Waals surface area contributed by atoms with Crippen molar-refractivity contribution in [1.82, 2.24) is 0 Å². The summed E-state index contributed by atoms with van der Waals surface area (Å²) in [4.78, 5) is -0.562. The van der Waals surface area contributed by atoms with Crippen LogP contribution < -0.4 is 9.47 Å². The summed E-state index contributed by atoms with van der Waals surface area (Å²) in [7, 11) is -3.87. The van der Waals surface area contributed by atoms with Gasteiger partial charge in [0.15, 0.2) is 9.84 Å². The minimum atomic E-state index is -3.87. The van der Waals surface area contributed by atoms with E-state index in [-0.39, 0.29) is 21.0 Å². The van der Waals surface area contributed by atoms with Gasteiger partial charge >= 0.3 is 0 Å². The van der Waals surface area contributed by atoms with Crippen molar-refractivity contribution in [1.29, 1.82) is 0 Å². The first kappa shape index (κ1) is 29.5. The van der Waals surface area contributed by atoms with E-state index in [0.29, 0.717) is 5.75 Å². The van der Waals surface area contributed by atoms with E-state index in [4.69, 9.17) is 9.47 Å². The first-order valence-electron chi connectivity index (χ1n) is 12.8. The molecule has 0 radical (unpaired) electrons. The average molecular weight is 578 g/mol. The van der Waals surface area contributed by atoms with Crippen LogP contribution in [0.1, 0.15) is 51.3 Å². The lowest BCUT2D eigenvalue weighted by molar-refractivity contribution is 0.477. The highest BCUT2D eigenvalue weighted by Crippen LogP contribution is 2.36. The molecule has 0 bridgehead atoms. The highest BCUT2D eigenvalue weighted by molar-refractivity contribution is 7.93. The van der Waals surface area contributed by atoms with Gasteiger partial charge in [0.05, 0.1) is 9.64 Å². The van der Waals surface area contributed by atoms with Crippen molar-refractivity contribution in [3.63, 3.8) is 0 Å². The zero-order valence-corrected chi connectivity index (χ0v) is 25.1. The van der Waals surface area contributed by atoms with Gasteiger partial charge in [-0.3, -0.25) is 4.21 Å². The van der Waals surface area contributed by atoms with E-state index in [1.165, 1.54) is 44.5 Å². The third-order valence-corrected chi connectivity index (χ3v) is 10.2. The van der Waals surface area contributed by atoms with E-state index in [1.807, 2.05) is 67.6 Å². The Morgan fingerprint density at radius 1 is 0.650 bits per heavy atom. The molecule has 0 heterocycles. The Morgan fingerprint density at radius 3 is 1.48 bits per heavy atom. The maximum Gasteiger partial charge on any atom is 0.184 e. The van der Waals surface area contributed by atoms with Gasteiger partial charge in [-0.2, -0.15) is 0 Å². The molecule has 0 amide bonds. The van der Waals surface area contributed by atoms with Crippen LogP contribution in [0, 0.1) is 6.92 Å². The molecule has 0 aliphatic carbocycles. The van der Waals surface area contributed by atoms with Crippen LogP contribution in [0.4, 0.5) is 0 Å². The second-order valence-corrected chi connectivity index (χ2v) is 14.7. The molecule has 4 aromatic carbocycles. The van der Waals surface area contributed by atoms with E-state index < -0.39 is 25.7 Å². The molecule has 4 aromatic rings. The standard InChI is InChI=1S/C32H34O6S2/c1-22-7-13-25(14-8-22)37-26-15-9-23(10-16-26)32(5,6)24-11-17-27(18-12-24)38-28-19-20-30(29(21-28)39(33)34)40(35,36)31(2,3)4/h7-21H,1-6H3,(H,33,34)/p-1. The van der Waals surface area contributed by atoms with Crippen molar-refractivity contribution in [3.05, 3.63) is 108 Å². The molecule has 40 heavy (non-hydrogen) atoms. The third kappa shape index (κ3) is 6.30. The molecule has 1 atom stereocenters. The Morgan fingerprint density at radius 2 is 1.05 bits per heavy atom. The predicted molar refractivity (Wildman–Crippen MR) is 157 cm³/mol. The highest BCUT2D eigenvalue weighted by Gasteiger charge is 2.33. The summed E-state index contributed by atoms with van der Waals surface area (Å²) < 4.78 is 60.2. The SMILES string of the molecule is Cc1ccc(Oc2ccc(C(C)(C)c3ccc(Oc4ccc(S(=O)(=O)C(C)(C)C)c(S(=O)[O-])c4)cc3)cc2)cc1. The fraction of sp³-hybridized carbons (Fsp3) is 0.250. The van der Waals surface area contributed by atoms with Gasteiger partial charge in [-0.15, -0.1) is 0 Å². The Labute approximate surface area is 239 Å². The molecule has 0 saturated heterocycles. The molecule has 0 aliphatic rings. The van der Waals surface area contributed by atoms with Crippen molar-refractivity contribution in [2.45, 2.75) is 61.5 Å². The zero-order valence-electron chi connectivity index (χ0n) is 23.4. The molecule has 0 spiro atoms. The van der Waals surface area contributed by atoms with Crippen LogP contribution in [0.15, 0.2) is 101 Å². The summed E-state index contributed by atoms with van der Waals surface area (Å²) >= 11 is -2.76. The summed E-state index contributed by atoms with van der Waals surface area (Å²) in [5.41, 5.74) is 3.03. The number of ether oxygens (including phenoxy) is 2. The molecule has 1 unspecified atom stereocenters. The van der Waals surface area contributed by atoms with E-state index in [1.54, 1.807) is 12.1 Å². The van der Waals surface area contributed by atoms with Crippen LogP contribution in [0.25, 0.3) is 0 Å². The van der Waals surface area contributed by atoms with Gasteiger partial charge in [-0.1, -0.05) is 55.8 Å². The molecule has 0 saturated carbocycles. The lowest BCUT2D eigenvalue weighted by Crippen LogP contribution is -2.28. The quantitative estimate of drug-likeness (QED) is 0.199. The molecule has 8 heteroatoms. The summed E-state index contributed by atoms with van der Waals surface area (Å²) in [6, 6.07) is 27.4. The lowest BCUT2D eigenvalue weighted by Gasteiger charge is -2.26. The van der Waals surface area contributed by atoms with Crippen LogP contribution in [0.2, 0.25) is 0 Å². The van der Waals surface area contributed by atoms with E-state index in [0.717, 1.165) is 22.6 Å². The normalized spacial score (nSPS) is 13.1. The van der Waals surface area contributed by atoms with E-state index in [9.17, 15) is 17.2 Å². The number of benzene rings is 4. The van der Waals surface area contributed by atoms with Crippen molar-refractivity contribution in [3.8, 4) is 23.0 Å². The second kappa shape index (κ2) is 11.2. The van der Waals surface area contributed by atoms with Crippen molar-refractivity contribution < 1.29 is 26.7 Å². The monoisotopic (exact) mass is 577 g/mol. The minimum Gasteiger partial charge on any atom is -0.768 e. The van der Waals surface area contributed by atoms with E-state index in [2.05, 4.69) is 13.8 Å². The van der Waals surface area contributed by atoms with Crippen molar-refractivity contribution in [2.24, 2.45) is 0 Å². The number of aryl methyl sites for hydroxylation is 1. The first-order valence-corrected chi connectivity index (χ1v) is 15.4. The largest absolute Gasteiger partial charge is 0.768 e. The van der Waals surface area contributed by atoms with Gasteiger partial charge in [0, 0.05) is 10.3 Å². The zero-order chi connectivity index (χ0) is 29.3. The summed E-state index contributed by atoms with van der Waals surface area (Å²) in [5.74, 6) is 2.26. The van der Waals surface area contributed by atoms with Crippen molar-refractivity contribution in [2.75, 3.05) is 0 Å². The number of hydrogen-bond donors (Lipinski definition) is 0. The number of hydrogen-bond acceptors (Lipinski definition) is 6. The minimum absolute atomic E-state index is 0.225. The Balaban J connectivity index is 1.51. The van der Waals surface area contributed by atoms with Gasteiger partial charge in [-0.25, -0.2) is 8.42 Å². The second-order valence-electron chi connectivity index (χ2n) is 11.1. The molecule has 0 aromatic heterocycles. The Hall–Kier alpha value is -3.46. The van der Waals surface area contributed by atoms with Gasteiger partial charge in [0.25, 0.3) is 0 Å². The summed E-state index contributed by atoms with van der Waals surface area (Å²) in [6.07, 6.45) is 0. The lowest BCUT2D eigenvalue weighted by atomic mass is 9.78. The van der Waals surface area contributed by atoms with Crippen LogP contribution in [-0.2, 0) is 26.3 Å². The molecule has 6 nitrogen and oxygen atoms in total. The topological polar surface area (TPSA) is 92.7 Å². The number of rotatable bonds is 8. The molecule has 210 valence electrons. The van der Waals surface area contributed by atoms with Crippen LogP contribution >= 0.6 is 0 Å². The summed E-state index contributed by atoms with van der Waals surface area (Å²) in [6.45, 7) is 10.9. The molecular formula is C32H33O6S2-. The van der Waals surface area contributed by atoms with Crippen LogP contribution in [-0.4, -0.2) is 21.9 Å².